The molecule has 0 aliphatic carbocycles. The lowest BCUT2D eigenvalue weighted by Gasteiger charge is -2.17. The third kappa shape index (κ3) is 4.41. The van der Waals surface area contributed by atoms with Crippen molar-refractivity contribution in [3.63, 3.8) is 0 Å². The summed E-state index contributed by atoms with van der Waals surface area (Å²) in [5.74, 6) is 0.218. The van der Waals surface area contributed by atoms with Gasteiger partial charge in [0.1, 0.15) is 0 Å². The Hall–Kier alpha value is -2.15. The summed E-state index contributed by atoms with van der Waals surface area (Å²) in [4.78, 5) is 10.6. The number of nitrogens with one attached hydrogen (secondary N) is 1. The summed E-state index contributed by atoms with van der Waals surface area (Å²) in [5.41, 5.74) is 1.53. The van der Waals surface area contributed by atoms with Gasteiger partial charge in [-0.15, -0.1) is 0 Å². The topological polar surface area (TPSA) is 84.6 Å². The van der Waals surface area contributed by atoms with Crippen molar-refractivity contribution in [2.75, 3.05) is 13.7 Å². The zero-order valence-corrected chi connectivity index (χ0v) is 13.3. The minimum atomic E-state index is -0.481. The summed E-state index contributed by atoms with van der Waals surface area (Å²) in [5, 5.41) is 24.4. The average Bonchev–Trinajstić information content (AvgIpc) is 2.56. The molecule has 0 saturated carbocycles. The first-order valence-corrected chi connectivity index (χ1v) is 7.34. The summed E-state index contributed by atoms with van der Waals surface area (Å²) in [6, 6.07) is 11.6. The van der Waals surface area contributed by atoms with E-state index in [4.69, 9.17) is 16.3 Å². The summed E-state index contributed by atoms with van der Waals surface area (Å²) >= 11 is 5.85. The standard InChI is InChI=1S/C16H17ClN2O4/c1-23-16-7-2-11(8-15(16)19(21)22)9-18-14(10-20)12-3-5-13(17)6-4-12/h2-8,14,18,20H,9-10H2,1H3. The highest BCUT2D eigenvalue weighted by atomic mass is 35.5. The monoisotopic (exact) mass is 336 g/mol. The Morgan fingerprint density at radius 1 is 1.30 bits per heavy atom. The van der Waals surface area contributed by atoms with Crippen LogP contribution in [0.25, 0.3) is 0 Å². The molecular formula is C16H17ClN2O4. The van der Waals surface area contributed by atoms with Crippen LogP contribution < -0.4 is 10.1 Å². The molecule has 1 unspecified atom stereocenters. The smallest absolute Gasteiger partial charge is 0.311 e. The molecule has 0 spiro atoms. The number of aliphatic hydroxyl groups excluding tert-OH is 1. The van der Waals surface area contributed by atoms with Gasteiger partial charge in [-0.05, 0) is 29.3 Å². The van der Waals surface area contributed by atoms with Crippen LogP contribution in [0.3, 0.4) is 0 Å². The first-order valence-electron chi connectivity index (χ1n) is 6.96. The molecule has 2 N–H and O–H groups in total. The molecule has 2 aromatic rings. The molecule has 0 fully saturated rings. The molecule has 2 aromatic carbocycles. The van der Waals surface area contributed by atoms with Crippen LogP contribution in [-0.2, 0) is 6.54 Å². The van der Waals surface area contributed by atoms with Crippen LogP contribution >= 0.6 is 11.6 Å². The number of methoxy groups -OCH3 is 1. The number of ether oxygens (including phenoxy) is 1. The van der Waals surface area contributed by atoms with Crippen molar-refractivity contribution in [3.8, 4) is 5.75 Å². The lowest BCUT2D eigenvalue weighted by molar-refractivity contribution is -0.385. The summed E-state index contributed by atoms with van der Waals surface area (Å²) in [6.07, 6.45) is 0. The van der Waals surface area contributed by atoms with Crippen molar-refractivity contribution in [3.05, 3.63) is 68.7 Å². The number of halogens is 1. The van der Waals surface area contributed by atoms with E-state index in [2.05, 4.69) is 5.32 Å². The van der Waals surface area contributed by atoms with Crippen LogP contribution in [0.1, 0.15) is 17.2 Å². The Morgan fingerprint density at radius 2 is 2.00 bits per heavy atom. The van der Waals surface area contributed by atoms with Crippen molar-refractivity contribution in [2.45, 2.75) is 12.6 Å². The van der Waals surface area contributed by atoms with E-state index in [1.807, 2.05) is 12.1 Å². The second-order valence-electron chi connectivity index (χ2n) is 4.93. The van der Waals surface area contributed by atoms with E-state index < -0.39 is 4.92 Å². The van der Waals surface area contributed by atoms with Gasteiger partial charge in [-0.25, -0.2) is 0 Å². The first-order chi connectivity index (χ1) is 11.0. The van der Waals surface area contributed by atoms with Crippen molar-refractivity contribution >= 4 is 17.3 Å². The van der Waals surface area contributed by atoms with E-state index in [1.165, 1.54) is 13.2 Å². The van der Waals surface area contributed by atoms with Gasteiger partial charge in [0.05, 0.1) is 24.7 Å². The fraction of sp³-hybridized carbons (Fsp3) is 0.250. The van der Waals surface area contributed by atoms with Crippen molar-refractivity contribution in [1.82, 2.24) is 5.32 Å². The van der Waals surface area contributed by atoms with Crippen LogP contribution in [0.15, 0.2) is 42.5 Å². The van der Waals surface area contributed by atoms with E-state index in [-0.39, 0.29) is 24.1 Å². The van der Waals surface area contributed by atoms with Crippen LogP contribution in [0.2, 0.25) is 5.02 Å². The highest BCUT2D eigenvalue weighted by molar-refractivity contribution is 6.30. The maximum atomic E-state index is 11.0. The largest absolute Gasteiger partial charge is 0.490 e. The highest BCUT2D eigenvalue weighted by Crippen LogP contribution is 2.27. The Balaban J connectivity index is 2.11. The van der Waals surface area contributed by atoms with Gasteiger partial charge in [0.25, 0.3) is 0 Å². The van der Waals surface area contributed by atoms with Gasteiger partial charge in [-0.2, -0.15) is 0 Å². The number of hydrogen-bond acceptors (Lipinski definition) is 5. The van der Waals surface area contributed by atoms with Crippen molar-refractivity contribution in [2.24, 2.45) is 0 Å². The molecule has 1 atom stereocenters. The molecule has 0 saturated heterocycles. The molecule has 0 amide bonds. The number of nitrogens with zero attached hydrogens (tertiary/aromatic N) is 1. The van der Waals surface area contributed by atoms with Crippen molar-refractivity contribution < 1.29 is 14.8 Å². The SMILES string of the molecule is COc1ccc(CNC(CO)c2ccc(Cl)cc2)cc1[N+](=O)[O-]. The second-order valence-corrected chi connectivity index (χ2v) is 5.37. The van der Waals surface area contributed by atoms with Gasteiger partial charge in [-0.1, -0.05) is 29.8 Å². The summed E-state index contributed by atoms with van der Waals surface area (Å²) < 4.78 is 4.97. The number of nitro groups is 1. The van der Waals surface area contributed by atoms with Gasteiger partial charge in [0, 0.05) is 17.6 Å². The predicted molar refractivity (Wildman–Crippen MR) is 87.8 cm³/mol. The van der Waals surface area contributed by atoms with E-state index in [1.54, 1.807) is 24.3 Å². The molecule has 2 rings (SSSR count). The summed E-state index contributed by atoms with van der Waals surface area (Å²) in [7, 11) is 1.39. The molecule has 0 heterocycles. The Labute approximate surface area is 138 Å². The fourth-order valence-corrected chi connectivity index (χ4v) is 2.34. The molecule has 0 aromatic heterocycles. The van der Waals surface area contributed by atoms with Crippen LogP contribution in [0.5, 0.6) is 5.75 Å². The minimum Gasteiger partial charge on any atom is -0.490 e. The van der Waals surface area contributed by atoms with E-state index in [0.29, 0.717) is 11.6 Å². The molecule has 0 aliphatic heterocycles. The Bertz CT molecular complexity index is 676. The average molecular weight is 337 g/mol. The lowest BCUT2D eigenvalue weighted by atomic mass is 10.1. The maximum absolute atomic E-state index is 11.0. The van der Waals surface area contributed by atoms with Gasteiger partial charge in [-0.3, -0.25) is 10.1 Å². The van der Waals surface area contributed by atoms with E-state index in [0.717, 1.165) is 11.1 Å². The van der Waals surface area contributed by atoms with Gasteiger partial charge < -0.3 is 15.2 Å². The molecule has 0 aliphatic rings. The number of nitro benzene ring substituents is 1. The molecule has 0 radical (unpaired) electrons. The third-order valence-corrected chi connectivity index (χ3v) is 3.70. The second kappa shape index (κ2) is 7.92. The maximum Gasteiger partial charge on any atom is 0.311 e. The fourth-order valence-electron chi connectivity index (χ4n) is 2.21. The third-order valence-electron chi connectivity index (χ3n) is 3.45. The molecule has 122 valence electrons. The first kappa shape index (κ1) is 17.2. The highest BCUT2D eigenvalue weighted by Gasteiger charge is 2.16. The predicted octanol–water partition coefficient (Wildman–Crippen LogP) is 3.08. The molecular weight excluding hydrogens is 320 g/mol. The van der Waals surface area contributed by atoms with Crippen LogP contribution in [0, 0.1) is 10.1 Å². The normalized spacial score (nSPS) is 12.0. The zero-order chi connectivity index (χ0) is 16.8. The zero-order valence-electron chi connectivity index (χ0n) is 12.5. The molecule has 0 bridgehead atoms. The van der Waals surface area contributed by atoms with Gasteiger partial charge in [0.15, 0.2) is 5.75 Å². The number of benzene rings is 2. The Kier molecular flexibility index (Phi) is 5.92. The molecule has 6 nitrogen and oxygen atoms in total. The number of hydrogen-bond donors (Lipinski definition) is 2. The quantitative estimate of drug-likeness (QED) is 0.599. The number of aliphatic hydroxyl groups is 1. The van der Waals surface area contributed by atoms with Gasteiger partial charge in [0.2, 0.25) is 0 Å². The molecule has 23 heavy (non-hydrogen) atoms. The minimum absolute atomic E-state index is 0.0844. The molecule has 7 heteroatoms. The van der Waals surface area contributed by atoms with Crippen LogP contribution in [0.4, 0.5) is 5.69 Å². The Morgan fingerprint density at radius 3 is 2.57 bits per heavy atom. The summed E-state index contributed by atoms with van der Waals surface area (Å²) in [6.45, 7) is 0.276. The van der Waals surface area contributed by atoms with Crippen LogP contribution in [-0.4, -0.2) is 23.7 Å². The van der Waals surface area contributed by atoms with E-state index >= 15 is 0 Å². The van der Waals surface area contributed by atoms with Crippen molar-refractivity contribution in [1.29, 1.82) is 0 Å². The number of rotatable bonds is 7. The lowest BCUT2D eigenvalue weighted by Crippen LogP contribution is -2.24. The van der Waals surface area contributed by atoms with Gasteiger partial charge >= 0.3 is 5.69 Å². The van der Waals surface area contributed by atoms with E-state index in [9.17, 15) is 15.2 Å².